The average molecular weight is 358 g/mol. The summed E-state index contributed by atoms with van der Waals surface area (Å²) in [6, 6.07) is 1.41. The van der Waals surface area contributed by atoms with Gasteiger partial charge in [0.2, 0.25) is 10.0 Å². The van der Waals surface area contributed by atoms with E-state index >= 15 is 0 Å². The van der Waals surface area contributed by atoms with Crippen molar-refractivity contribution in [3.63, 3.8) is 0 Å². The van der Waals surface area contributed by atoms with Gasteiger partial charge in [-0.05, 0) is 35.8 Å². The lowest BCUT2D eigenvalue weighted by atomic mass is 10.3. The molecule has 0 atom stereocenters. The minimum absolute atomic E-state index is 0.00374. The fourth-order valence-corrected chi connectivity index (χ4v) is 3.50. The van der Waals surface area contributed by atoms with E-state index in [4.69, 9.17) is 4.74 Å². The van der Waals surface area contributed by atoms with E-state index in [9.17, 15) is 17.2 Å². The molecule has 1 aromatic carbocycles. The van der Waals surface area contributed by atoms with Crippen LogP contribution >= 0.6 is 15.9 Å². The summed E-state index contributed by atoms with van der Waals surface area (Å²) in [5, 5.41) is 0. The maximum absolute atomic E-state index is 13.5. The molecule has 0 aliphatic rings. The molecule has 108 valence electrons. The van der Waals surface area contributed by atoms with Crippen molar-refractivity contribution in [2.75, 3.05) is 13.2 Å². The van der Waals surface area contributed by atoms with Gasteiger partial charge >= 0.3 is 0 Å². The van der Waals surface area contributed by atoms with Crippen molar-refractivity contribution in [2.45, 2.75) is 24.8 Å². The van der Waals surface area contributed by atoms with Gasteiger partial charge in [0.1, 0.15) is 16.5 Å². The highest BCUT2D eigenvalue weighted by molar-refractivity contribution is 9.10. The number of halogens is 3. The summed E-state index contributed by atoms with van der Waals surface area (Å²) in [6.07, 6.45) is -0.0289. The minimum atomic E-state index is -4.05. The molecular weight excluding hydrogens is 344 g/mol. The summed E-state index contributed by atoms with van der Waals surface area (Å²) in [4.78, 5) is -0.613. The van der Waals surface area contributed by atoms with Crippen molar-refractivity contribution >= 4 is 26.0 Å². The third kappa shape index (κ3) is 4.79. The van der Waals surface area contributed by atoms with Gasteiger partial charge in [-0.15, -0.1) is 0 Å². The number of hydrogen-bond acceptors (Lipinski definition) is 3. The standard InChI is InChI=1S/C11H14BrF2NO3S/c1-7(2)18-4-3-15-19(16,17)11-9(12)5-8(13)6-10(11)14/h5-7,15H,3-4H2,1-2H3. The lowest BCUT2D eigenvalue weighted by molar-refractivity contribution is 0.0833. The first kappa shape index (κ1) is 16.5. The Morgan fingerprint density at radius 2 is 2.00 bits per heavy atom. The topological polar surface area (TPSA) is 55.4 Å². The molecule has 0 amide bonds. The van der Waals surface area contributed by atoms with Crippen molar-refractivity contribution in [3.8, 4) is 0 Å². The number of hydrogen-bond donors (Lipinski definition) is 1. The number of nitrogens with one attached hydrogen (secondary N) is 1. The summed E-state index contributed by atoms with van der Waals surface area (Å²) in [5.74, 6) is -2.00. The number of rotatable bonds is 6. The Balaban J connectivity index is 2.84. The second-order valence-corrected chi connectivity index (χ2v) is 6.57. The van der Waals surface area contributed by atoms with Gasteiger partial charge in [0.25, 0.3) is 0 Å². The van der Waals surface area contributed by atoms with Gasteiger partial charge in [0.05, 0.1) is 12.7 Å². The van der Waals surface area contributed by atoms with E-state index in [1.165, 1.54) is 0 Å². The number of ether oxygens (including phenoxy) is 1. The molecule has 4 nitrogen and oxygen atoms in total. The Bertz CT molecular complexity index is 526. The van der Waals surface area contributed by atoms with Crippen molar-refractivity contribution in [3.05, 3.63) is 28.2 Å². The van der Waals surface area contributed by atoms with Crippen LogP contribution in [0.25, 0.3) is 0 Å². The highest BCUT2D eigenvalue weighted by Crippen LogP contribution is 2.25. The number of benzene rings is 1. The molecule has 0 fully saturated rings. The van der Waals surface area contributed by atoms with Gasteiger partial charge in [-0.3, -0.25) is 0 Å². The van der Waals surface area contributed by atoms with Crippen molar-refractivity contribution in [2.24, 2.45) is 0 Å². The molecule has 0 saturated carbocycles. The van der Waals surface area contributed by atoms with Crippen LogP contribution in [0, 0.1) is 11.6 Å². The van der Waals surface area contributed by atoms with Crippen molar-refractivity contribution < 1.29 is 21.9 Å². The van der Waals surface area contributed by atoms with Crippen molar-refractivity contribution in [1.82, 2.24) is 4.72 Å². The summed E-state index contributed by atoms with van der Waals surface area (Å²) >= 11 is 2.84. The van der Waals surface area contributed by atoms with Crippen LogP contribution in [0.1, 0.15) is 13.8 Å². The molecule has 0 aliphatic heterocycles. The van der Waals surface area contributed by atoms with Gasteiger partial charge in [0, 0.05) is 17.1 Å². The molecule has 0 spiro atoms. The van der Waals surface area contributed by atoms with E-state index in [-0.39, 0.29) is 23.7 Å². The predicted molar refractivity (Wildman–Crippen MR) is 70.3 cm³/mol. The van der Waals surface area contributed by atoms with Gasteiger partial charge in [0.15, 0.2) is 0 Å². The molecule has 1 rings (SSSR count). The predicted octanol–water partition coefficient (Wildman–Crippen LogP) is 2.43. The molecule has 8 heteroatoms. The van der Waals surface area contributed by atoms with E-state index in [1.807, 2.05) is 13.8 Å². The molecule has 1 N–H and O–H groups in total. The van der Waals surface area contributed by atoms with E-state index in [1.54, 1.807) is 0 Å². The van der Waals surface area contributed by atoms with E-state index in [0.717, 1.165) is 6.07 Å². The Morgan fingerprint density at radius 1 is 1.37 bits per heavy atom. The first-order chi connectivity index (χ1) is 8.74. The molecular formula is C11H14BrF2NO3S. The third-order valence-corrected chi connectivity index (χ3v) is 4.50. The second-order valence-electron chi connectivity index (χ2n) is 4.02. The molecule has 0 aromatic heterocycles. The van der Waals surface area contributed by atoms with Gasteiger partial charge in [-0.2, -0.15) is 0 Å². The smallest absolute Gasteiger partial charge is 0.244 e. The maximum atomic E-state index is 13.5. The lowest BCUT2D eigenvalue weighted by Gasteiger charge is -2.11. The monoisotopic (exact) mass is 357 g/mol. The Kier molecular flexibility index (Phi) is 5.84. The highest BCUT2D eigenvalue weighted by atomic mass is 79.9. The lowest BCUT2D eigenvalue weighted by Crippen LogP contribution is -2.29. The summed E-state index contributed by atoms with van der Waals surface area (Å²) < 4.78 is 57.3. The second kappa shape index (κ2) is 6.74. The molecule has 1 aromatic rings. The molecule has 0 radical (unpaired) electrons. The quantitative estimate of drug-likeness (QED) is 0.795. The van der Waals surface area contributed by atoms with Crippen LogP contribution < -0.4 is 4.72 Å². The van der Waals surface area contributed by atoms with Crippen LogP contribution in [0.4, 0.5) is 8.78 Å². The highest BCUT2D eigenvalue weighted by Gasteiger charge is 2.23. The fraction of sp³-hybridized carbons (Fsp3) is 0.455. The van der Waals surface area contributed by atoms with E-state index in [0.29, 0.717) is 6.07 Å². The zero-order chi connectivity index (χ0) is 14.6. The normalized spacial score (nSPS) is 12.1. The third-order valence-electron chi connectivity index (χ3n) is 2.08. The van der Waals surface area contributed by atoms with Crippen LogP contribution in [0.3, 0.4) is 0 Å². The number of sulfonamides is 1. The van der Waals surface area contributed by atoms with Crippen LogP contribution in [0.15, 0.2) is 21.5 Å². The summed E-state index contributed by atoms with van der Waals surface area (Å²) in [6.45, 7) is 3.79. The van der Waals surface area contributed by atoms with Gasteiger partial charge in [-0.1, -0.05) is 0 Å². The van der Waals surface area contributed by atoms with E-state index < -0.39 is 26.6 Å². The fourth-order valence-electron chi connectivity index (χ4n) is 1.33. The van der Waals surface area contributed by atoms with Gasteiger partial charge < -0.3 is 4.74 Å². The van der Waals surface area contributed by atoms with Crippen LogP contribution in [0.2, 0.25) is 0 Å². The van der Waals surface area contributed by atoms with Crippen LogP contribution in [-0.2, 0) is 14.8 Å². The zero-order valence-electron chi connectivity index (χ0n) is 10.4. The van der Waals surface area contributed by atoms with Gasteiger partial charge in [-0.25, -0.2) is 21.9 Å². The maximum Gasteiger partial charge on any atom is 0.244 e. The SMILES string of the molecule is CC(C)OCCNS(=O)(=O)c1c(F)cc(F)cc1Br. The molecule has 19 heavy (non-hydrogen) atoms. The Labute approximate surface area is 119 Å². The molecule has 0 heterocycles. The van der Waals surface area contributed by atoms with Crippen LogP contribution in [0.5, 0.6) is 0 Å². The van der Waals surface area contributed by atoms with E-state index in [2.05, 4.69) is 20.7 Å². The zero-order valence-corrected chi connectivity index (χ0v) is 12.8. The minimum Gasteiger partial charge on any atom is -0.377 e. The summed E-state index contributed by atoms with van der Waals surface area (Å²) in [7, 11) is -4.05. The summed E-state index contributed by atoms with van der Waals surface area (Å²) in [5.41, 5.74) is 0. The first-order valence-corrected chi connectivity index (χ1v) is 7.77. The Morgan fingerprint density at radius 3 is 2.53 bits per heavy atom. The van der Waals surface area contributed by atoms with Crippen LogP contribution in [-0.4, -0.2) is 27.7 Å². The van der Waals surface area contributed by atoms with Crippen molar-refractivity contribution in [1.29, 1.82) is 0 Å². The molecule has 0 aliphatic carbocycles. The largest absolute Gasteiger partial charge is 0.377 e. The molecule has 0 unspecified atom stereocenters. The molecule has 0 saturated heterocycles. The Hall–Kier alpha value is -0.570. The molecule has 0 bridgehead atoms. The average Bonchev–Trinajstić information content (AvgIpc) is 2.22. The first-order valence-electron chi connectivity index (χ1n) is 5.50.